The van der Waals surface area contributed by atoms with E-state index in [1.807, 2.05) is 18.2 Å². The number of aromatic nitrogens is 1. The number of hydrogen-bond acceptors (Lipinski definition) is 3. The molecular formula is C11H10Br2N2O. The van der Waals surface area contributed by atoms with E-state index >= 15 is 0 Å². The Morgan fingerprint density at radius 1 is 1.19 bits per heavy atom. The number of nitrogens with zero attached hydrogens (tertiary/aromatic N) is 1. The highest BCUT2D eigenvalue weighted by Gasteiger charge is 2.05. The van der Waals surface area contributed by atoms with Crippen LogP contribution in [0.25, 0.3) is 0 Å². The first-order valence-electron chi connectivity index (χ1n) is 4.79. The van der Waals surface area contributed by atoms with Gasteiger partial charge in [-0.25, -0.2) is 0 Å². The summed E-state index contributed by atoms with van der Waals surface area (Å²) in [5.74, 6) is 0.896. The largest absolute Gasteiger partial charge is 0.452 e. The Hall–Kier alpha value is -0.650. The molecular weight excluding hydrogens is 336 g/mol. The van der Waals surface area contributed by atoms with Crippen LogP contribution in [0.3, 0.4) is 0 Å². The summed E-state index contributed by atoms with van der Waals surface area (Å²) >= 11 is 6.68. The van der Waals surface area contributed by atoms with E-state index in [4.69, 9.17) is 4.42 Å². The number of furan rings is 1. The zero-order chi connectivity index (χ0) is 11.4. The fourth-order valence-electron chi connectivity index (χ4n) is 1.31. The standard InChI is InChI=1S/C11H10Br2N2O/c12-10-5-9(16-11(10)13)7-15-6-8-1-3-14-4-2-8/h1-5,15H,6-7H2. The number of pyridine rings is 1. The molecule has 0 fully saturated rings. The first-order chi connectivity index (χ1) is 7.75. The molecule has 0 bridgehead atoms. The van der Waals surface area contributed by atoms with Crippen molar-refractivity contribution < 1.29 is 4.42 Å². The number of halogens is 2. The molecule has 0 saturated carbocycles. The third-order valence-electron chi connectivity index (χ3n) is 2.07. The molecule has 2 aromatic rings. The number of nitrogens with one attached hydrogen (secondary N) is 1. The minimum absolute atomic E-state index is 0.701. The van der Waals surface area contributed by atoms with Crippen LogP contribution in [0.15, 0.2) is 44.2 Å². The maximum atomic E-state index is 5.45. The summed E-state index contributed by atoms with van der Waals surface area (Å²) in [7, 11) is 0. The van der Waals surface area contributed by atoms with Gasteiger partial charge in [-0.15, -0.1) is 0 Å². The van der Waals surface area contributed by atoms with E-state index in [2.05, 4.69) is 42.2 Å². The zero-order valence-electron chi connectivity index (χ0n) is 8.41. The molecule has 2 heterocycles. The zero-order valence-corrected chi connectivity index (χ0v) is 11.6. The first kappa shape index (κ1) is 11.8. The van der Waals surface area contributed by atoms with Crippen LogP contribution in [0.1, 0.15) is 11.3 Å². The highest BCUT2D eigenvalue weighted by Crippen LogP contribution is 2.26. The van der Waals surface area contributed by atoms with Crippen LogP contribution in [0.2, 0.25) is 0 Å². The quantitative estimate of drug-likeness (QED) is 0.921. The van der Waals surface area contributed by atoms with E-state index in [1.54, 1.807) is 12.4 Å². The molecule has 84 valence electrons. The molecule has 16 heavy (non-hydrogen) atoms. The van der Waals surface area contributed by atoms with Crippen molar-refractivity contribution in [1.82, 2.24) is 10.3 Å². The minimum atomic E-state index is 0.701. The molecule has 0 amide bonds. The summed E-state index contributed by atoms with van der Waals surface area (Å²) in [4.78, 5) is 3.97. The monoisotopic (exact) mass is 344 g/mol. The Kier molecular flexibility index (Phi) is 4.15. The van der Waals surface area contributed by atoms with Gasteiger partial charge in [-0.2, -0.15) is 0 Å². The third kappa shape index (κ3) is 3.17. The predicted molar refractivity (Wildman–Crippen MR) is 68.9 cm³/mol. The summed E-state index contributed by atoms with van der Waals surface area (Å²) in [6.45, 7) is 1.50. The van der Waals surface area contributed by atoms with Gasteiger partial charge in [-0.05, 0) is 55.6 Å². The highest BCUT2D eigenvalue weighted by molar-refractivity contribution is 9.13. The molecule has 0 aliphatic rings. The van der Waals surface area contributed by atoms with Gasteiger partial charge >= 0.3 is 0 Å². The van der Waals surface area contributed by atoms with E-state index < -0.39 is 0 Å². The molecule has 0 aromatic carbocycles. The van der Waals surface area contributed by atoms with Crippen LogP contribution < -0.4 is 5.32 Å². The van der Waals surface area contributed by atoms with Crippen LogP contribution in [-0.4, -0.2) is 4.98 Å². The smallest absolute Gasteiger partial charge is 0.183 e. The Balaban J connectivity index is 1.84. The third-order valence-corrected chi connectivity index (χ3v) is 3.78. The highest BCUT2D eigenvalue weighted by atomic mass is 79.9. The molecule has 0 saturated heterocycles. The van der Waals surface area contributed by atoms with Crippen LogP contribution in [0, 0.1) is 0 Å². The van der Waals surface area contributed by atoms with Crippen LogP contribution in [0.4, 0.5) is 0 Å². The Bertz CT molecular complexity index is 437. The van der Waals surface area contributed by atoms with Crippen LogP contribution in [0.5, 0.6) is 0 Å². The molecule has 0 unspecified atom stereocenters. The SMILES string of the molecule is Brc1cc(CNCc2ccncc2)oc1Br. The predicted octanol–water partition coefficient (Wildman–Crippen LogP) is 3.49. The lowest BCUT2D eigenvalue weighted by Gasteiger charge is -2.01. The fourth-order valence-corrected chi connectivity index (χ4v) is 1.97. The van der Waals surface area contributed by atoms with E-state index in [0.717, 1.165) is 21.4 Å². The Morgan fingerprint density at radius 3 is 2.56 bits per heavy atom. The van der Waals surface area contributed by atoms with Gasteiger partial charge in [0.05, 0.1) is 11.0 Å². The average Bonchev–Trinajstić information content (AvgIpc) is 2.60. The van der Waals surface area contributed by atoms with E-state index in [9.17, 15) is 0 Å². The lowest BCUT2D eigenvalue weighted by atomic mass is 10.3. The molecule has 2 rings (SSSR count). The van der Waals surface area contributed by atoms with Crippen LogP contribution >= 0.6 is 31.9 Å². The molecule has 0 aliphatic heterocycles. The van der Waals surface area contributed by atoms with Crippen molar-refractivity contribution in [3.63, 3.8) is 0 Å². The van der Waals surface area contributed by atoms with Crippen molar-refractivity contribution in [2.45, 2.75) is 13.1 Å². The molecule has 5 heteroatoms. The van der Waals surface area contributed by atoms with E-state index in [-0.39, 0.29) is 0 Å². The number of rotatable bonds is 4. The molecule has 0 spiro atoms. The minimum Gasteiger partial charge on any atom is -0.452 e. The van der Waals surface area contributed by atoms with Crippen molar-refractivity contribution in [1.29, 1.82) is 0 Å². The topological polar surface area (TPSA) is 38.1 Å². The molecule has 3 nitrogen and oxygen atoms in total. The summed E-state index contributed by atoms with van der Waals surface area (Å²) in [6.07, 6.45) is 3.58. The molecule has 0 atom stereocenters. The van der Waals surface area contributed by atoms with Gasteiger partial charge in [0.2, 0.25) is 0 Å². The van der Waals surface area contributed by atoms with Crippen molar-refractivity contribution in [2.24, 2.45) is 0 Å². The van der Waals surface area contributed by atoms with Gasteiger partial charge in [0.1, 0.15) is 5.76 Å². The lowest BCUT2D eigenvalue weighted by molar-refractivity contribution is 0.464. The maximum Gasteiger partial charge on any atom is 0.183 e. The van der Waals surface area contributed by atoms with Gasteiger partial charge in [0.25, 0.3) is 0 Å². The van der Waals surface area contributed by atoms with Gasteiger partial charge in [-0.3, -0.25) is 4.98 Å². The fraction of sp³-hybridized carbons (Fsp3) is 0.182. The van der Waals surface area contributed by atoms with Gasteiger partial charge in [0, 0.05) is 18.9 Å². The van der Waals surface area contributed by atoms with Crippen molar-refractivity contribution in [3.05, 3.63) is 51.1 Å². The second-order valence-corrected chi connectivity index (χ2v) is 4.87. The van der Waals surface area contributed by atoms with E-state index in [0.29, 0.717) is 6.54 Å². The summed E-state index contributed by atoms with van der Waals surface area (Å²) in [5.41, 5.74) is 1.21. The number of hydrogen-bond donors (Lipinski definition) is 1. The van der Waals surface area contributed by atoms with Crippen LogP contribution in [-0.2, 0) is 13.1 Å². The molecule has 2 aromatic heterocycles. The normalized spacial score (nSPS) is 10.6. The van der Waals surface area contributed by atoms with Gasteiger partial charge in [-0.1, -0.05) is 0 Å². The van der Waals surface area contributed by atoms with Gasteiger partial charge in [0.15, 0.2) is 4.67 Å². The van der Waals surface area contributed by atoms with Gasteiger partial charge < -0.3 is 9.73 Å². The Labute approximate surface area is 111 Å². The van der Waals surface area contributed by atoms with E-state index in [1.165, 1.54) is 5.56 Å². The average molecular weight is 346 g/mol. The molecule has 0 radical (unpaired) electrons. The molecule has 1 N–H and O–H groups in total. The summed E-state index contributed by atoms with van der Waals surface area (Å²) < 4.78 is 7.12. The second kappa shape index (κ2) is 5.61. The Morgan fingerprint density at radius 2 is 1.94 bits per heavy atom. The molecule has 0 aliphatic carbocycles. The van der Waals surface area contributed by atoms with Crippen molar-refractivity contribution >= 4 is 31.9 Å². The summed E-state index contributed by atoms with van der Waals surface area (Å²) in [5, 5.41) is 3.30. The first-order valence-corrected chi connectivity index (χ1v) is 6.37. The second-order valence-electron chi connectivity index (χ2n) is 3.29. The van der Waals surface area contributed by atoms with Crippen molar-refractivity contribution in [2.75, 3.05) is 0 Å². The maximum absolute atomic E-state index is 5.45. The summed E-state index contributed by atoms with van der Waals surface area (Å²) in [6, 6.07) is 5.92. The lowest BCUT2D eigenvalue weighted by Crippen LogP contribution is -2.11. The van der Waals surface area contributed by atoms with Crippen molar-refractivity contribution in [3.8, 4) is 0 Å².